The highest BCUT2D eigenvalue weighted by Crippen LogP contribution is 2.32. The molecule has 1 saturated heterocycles. The Morgan fingerprint density at radius 1 is 1.19 bits per heavy atom. The molecule has 6 heteroatoms. The predicted octanol–water partition coefficient (Wildman–Crippen LogP) is 3.84. The average molecular weight is 428 g/mol. The van der Waals surface area contributed by atoms with Gasteiger partial charge in [0.05, 0.1) is 6.10 Å². The van der Waals surface area contributed by atoms with Crippen molar-refractivity contribution in [2.45, 2.75) is 57.4 Å². The number of ether oxygens (including phenoxy) is 3. The lowest BCUT2D eigenvalue weighted by atomic mass is 10.0. The number of fused-ring (bicyclic) bond motifs is 1. The van der Waals surface area contributed by atoms with E-state index in [4.69, 9.17) is 19.5 Å². The quantitative estimate of drug-likeness (QED) is 0.615. The summed E-state index contributed by atoms with van der Waals surface area (Å²) in [5.41, 5.74) is 2.44. The Hall–Kier alpha value is -1.86. The summed E-state index contributed by atoms with van der Waals surface area (Å²) in [5, 5.41) is 15.4. The molecule has 2 heterocycles. The molecule has 1 N–H and O–H groups in total. The Labute approximate surface area is 185 Å². The first-order chi connectivity index (χ1) is 15.2. The third-order valence-corrected chi connectivity index (χ3v) is 6.08. The maximum Gasteiger partial charge on any atom is 0.161 e. The van der Waals surface area contributed by atoms with Crippen LogP contribution in [-0.4, -0.2) is 67.8 Å². The van der Waals surface area contributed by atoms with Gasteiger partial charge in [-0.3, -0.25) is 0 Å². The topological polar surface area (TPSA) is 65.3 Å². The molecule has 1 aliphatic carbocycles. The number of benzene rings is 1. The van der Waals surface area contributed by atoms with Crippen LogP contribution in [0.25, 0.3) is 5.32 Å². The Kier molecular flexibility index (Phi) is 8.03. The van der Waals surface area contributed by atoms with E-state index in [1.165, 1.54) is 18.4 Å². The van der Waals surface area contributed by atoms with Crippen LogP contribution >= 0.6 is 0 Å². The fourth-order valence-corrected chi connectivity index (χ4v) is 4.39. The van der Waals surface area contributed by atoms with Crippen LogP contribution in [0.3, 0.4) is 0 Å². The van der Waals surface area contributed by atoms with Crippen LogP contribution in [0.5, 0.6) is 11.5 Å². The van der Waals surface area contributed by atoms with E-state index in [-0.39, 0.29) is 12.1 Å². The smallest absolute Gasteiger partial charge is 0.161 e. The lowest BCUT2D eigenvalue weighted by molar-refractivity contribution is 0.0590. The molecule has 0 spiro atoms. The van der Waals surface area contributed by atoms with Crippen molar-refractivity contribution in [1.29, 1.82) is 0 Å². The molecule has 3 unspecified atom stereocenters. The molecule has 0 radical (unpaired) electrons. The molecule has 1 aromatic rings. The second-order valence-corrected chi connectivity index (χ2v) is 8.71. The van der Waals surface area contributed by atoms with E-state index in [1.54, 1.807) is 0 Å². The van der Waals surface area contributed by atoms with Crippen molar-refractivity contribution in [3.8, 4) is 11.5 Å². The monoisotopic (exact) mass is 427 g/mol. The number of aliphatic hydroxyl groups is 1. The lowest BCUT2D eigenvalue weighted by Gasteiger charge is -2.39. The van der Waals surface area contributed by atoms with Crippen molar-refractivity contribution in [1.82, 2.24) is 4.90 Å². The maximum absolute atomic E-state index is 10.6. The molecule has 3 atom stereocenters. The van der Waals surface area contributed by atoms with Gasteiger partial charge in [-0.05, 0) is 82.6 Å². The number of likely N-dealkylation sites (tertiary alicyclic amines) is 1. The van der Waals surface area contributed by atoms with Crippen molar-refractivity contribution in [3.05, 3.63) is 52.9 Å². The fraction of sp³-hybridized carbons (Fsp3) is 0.600. The largest absolute Gasteiger partial charge is 0.633 e. The highest BCUT2D eigenvalue weighted by molar-refractivity contribution is 5.44. The standard InChI is InChI=1S/C25H35N2O4/c1-19-4-7-22(8-5-19)29-13-10-25(28)26-21(18-27-11-2-3-12-27)16-20-6-9-23-24(17-20)31-15-14-30-23/h4-7,9,17,21-22,25,28H,2-3,8,10-16,18H2,1H3/q-1. The predicted molar refractivity (Wildman–Crippen MR) is 122 cm³/mol. The Morgan fingerprint density at radius 2 is 2.00 bits per heavy atom. The van der Waals surface area contributed by atoms with Gasteiger partial charge in [0.15, 0.2) is 11.5 Å². The number of rotatable bonds is 10. The van der Waals surface area contributed by atoms with E-state index in [9.17, 15) is 5.11 Å². The summed E-state index contributed by atoms with van der Waals surface area (Å²) in [6.07, 6.45) is 10.5. The summed E-state index contributed by atoms with van der Waals surface area (Å²) in [6, 6.07) is 6.16. The van der Waals surface area contributed by atoms with Crippen LogP contribution < -0.4 is 9.47 Å². The van der Waals surface area contributed by atoms with Crippen LogP contribution in [0.2, 0.25) is 0 Å². The van der Waals surface area contributed by atoms with Gasteiger partial charge in [-0.2, -0.15) is 0 Å². The molecule has 0 aromatic heterocycles. The summed E-state index contributed by atoms with van der Waals surface area (Å²) < 4.78 is 17.3. The zero-order valence-electron chi connectivity index (χ0n) is 18.5. The summed E-state index contributed by atoms with van der Waals surface area (Å²) in [5.74, 6) is 1.62. The van der Waals surface area contributed by atoms with E-state index in [0.29, 0.717) is 26.2 Å². The molecule has 1 fully saturated rings. The van der Waals surface area contributed by atoms with E-state index in [2.05, 4.69) is 42.2 Å². The van der Waals surface area contributed by atoms with Gasteiger partial charge in [-0.1, -0.05) is 29.9 Å². The van der Waals surface area contributed by atoms with Crippen molar-refractivity contribution in [3.63, 3.8) is 0 Å². The van der Waals surface area contributed by atoms with Crippen LogP contribution in [0.4, 0.5) is 0 Å². The normalized spacial score (nSPS) is 22.9. The molecular formula is C25H35N2O4-. The highest BCUT2D eigenvalue weighted by atomic mass is 16.6. The van der Waals surface area contributed by atoms with Gasteiger partial charge < -0.3 is 29.5 Å². The van der Waals surface area contributed by atoms with E-state index in [0.717, 1.165) is 49.5 Å². The third-order valence-electron chi connectivity index (χ3n) is 6.08. The van der Waals surface area contributed by atoms with Gasteiger partial charge in [0.25, 0.3) is 0 Å². The van der Waals surface area contributed by atoms with Gasteiger partial charge >= 0.3 is 0 Å². The van der Waals surface area contributed by atoms with Crippen LogP contribution in [-0.2, 0) is 11.2 Å². The van der Waals surface area contributed by atoms with Gasteiger partial charge in [0, 0.05) is 6.61 Å². The van der Waals surface area contributed by atoms with E-state index in [1.807, 2.05) is 6.07 Å². The molecule has 31 heavy (non-hydrogen) atoms. The third kappa shape index (κ3) is 6.81. The lowest BCUT2D eigenvalue weighted by Crippen LogP contribution is -2.33. The Bertz CT molecular complexity index is 773. The first-order valence-corrected chi connectivity index (χ1v) is 11.6. The number of aliphatic hydroxyl groups excluding tert-OH is 1. The van der Waals surface area contributed by atoms with Gasteiger partial charge in [-0.15, -0.1) is 6.04 Å². The van der Waals surface area contributed by atoms with Crippen molar-refractivity contribution in [2.24, 2.45) is 0 Å². The number of hydrogen-bond donors (Lipinski definition) is 1. The molecule has 1 aromatic carbocycles. The molecular weight excluding hydrogens is 392 g/mol. The van der Waals surface area contributed by atoms with Crippen LogP contribution in [0.1, 0.15) is 38.2 Å². The minimum Gasteiger partial charge on any atom is -0.633 e. The Morgan fingerprint density at radius 3 is 2.77 bits per heavy atom. The summed E-state index contributed by atoms with van der Waals surface area (Å²) in [4.78, 5) is 2.46. The number of allylic oxidation sites excluding steroid dienone is 2. The molecule has 4 rings (SSSR count). The molecule has 2 aliphatic heterocycles. The first-order valence-electron chi connectivity index (χ1n) is 11.6. The van der Waals surface area contributed by atoms with Crippen molar-refractivity contribution >= 4 is 0 Å². The van der Waals surface area contributed by atoms with Gasteiger partial charge in [0.2, 0.25) is 0 Å². The zero-order chi connectivity index (χ0) is 21.5. The zero-order valence-corrected chi connectivity index (χ0v) is 18.5. The minimum absolute atomic E-state index is 0.0378. The molecule has 6 nitrogen and oxygen atoms in total. The minimum atomic E-state index is -0.713. The van der Waals surface area contributed by atoms with Crippen LogP contribution in [0, 0.1) is 0 Å². The van der Waals surface area contributed by atoms with E-state index >= 15 is 0 Å². The highest BCUT2D eigenvalue weighted by Gasteiger charge is 2.17. The van der Waals surface area contributed by atoms with Crippen molar-refractivity contribution < 1.29 is 19.3 Å². The average Bonchev–Trinajstić information content (AvgIpc) is 3.28. The summed E-state index contributed by atoms with van der Waals surface area (Å²) >= 11 is 0. The second-order valence-electron chi connectivity index (χ2n) is 8.71. The molecule has 3 aliphatic rings. The summed E-state index contributed by atoms with van der Waals surface area (Å²) in [7, 11) is 0. The summed E-state index contributed by atoms with van der Waals surface area (Å²) in [6.45, 7) is 6.90. The van der Waals surface area contributed by atoms with Gasteiger partial charge in [0.1, 0.15) is 13.2 Å². The van der Waals surface area contributed by atoms with Gasteiger partial charge in [-0.25, -0.2) is 0 Å². The molecule has 170 valence electrons. The maximum atomic E-state index is 10.6. The number of nitrogens with zero attached hydrogens (tertiary/aromatic N) is 2. The van der Waals surface area contributed by atoms with Crippen molar-refractivity contribution in [2.75, 3.05) is 39.5 Å². The molecule has 0 bridgehead atoms. The van der Waals surface area contributed by atoms with Crippen LogP contribution in [0.15, 0.2) is 42.0 Å². The number of hydrogen-bond acceptors (Lipinski definition) is 5. The first kappa shape index (κ1) is 22.3. The fourth-order valence-electron chi connectivity index (χ4n) is 4.39. The molecule has 0 saturated carbocycles. The molecule has 0 amide bonds. The second kappa shape index (κ2) is 11.1. The SMILES string of the molecule is CC1=CCC(OCCC(O)[N-]C(Cc2ccc3c(c2)OCCO3)CN2CCCC2)C=C1. The Balaban J connectivity index is 1.29. The van der Waals surface area contributed by atoms with E-state index < -0.39 is 6.23 Å².